The van der Waals surface area contributed by atoms with Crippen LogP contribution in [0, 0.1) is 0 Å². The molecule has 0 heterocycles. The van der Waals surface area contributed by atoms with E-state index in [1.807, 2.05) is 20.8 Å². The third-order valence-corrected chi connectivity index (χ3v) is 3.17. The SMILES string of the molecule is CCCNC(=O)[C@H](C)OC(=O)/C=C/c1ccc(OC(C)C)c(OC)c1. The van der Waals surface area contributed by atoms with Gasteiger partial charge in [0.05, 0.1) is 13.2 Å². The van der Waals surface area contributed by atoms with E-state index in [0.29, 0.717) is 18.0 Å². The highest BCUT2D eigenvalue weighted by molar-refractivity contribution is 5.90. The van der Waals surface area contributed by atoms with E-state index in [1.54, 1.807) is 31.4 Å². The fraction of sp³-hybridized carbons (Fsp3) is 0.474. The Balaban J connectivity index is 2.68. The Morgan fingerprint density at radius 2 is 1.92 bits per heavy atom. The number of carbonyl (C=O) groups is 2. The molecule has 25 heavy (non-hydrogen) atoms. The Hall–Kier alpha value is -2.50. The van der Waals surface area contributed by atoms with Crippen molar-refractivity contribution in [2.24, 2.45) is 0 Å². The van der Waals surface area contributed by atoms with Gasteiger partial charge in [-0.2, -0.15) is 0 Å². The van der Waals surface area contributed by atoms with Crippen molar-refractivity contribution >= 4 is 18.0 Å². The van der Waals surface area contributed by atoms with Crippen LogP contribution in [0.3, 0.4) is 0 Å². The summed E-state index contributed by atoms with van der Waals surface area (Å²) in [5.41, 5.74) is 0.757. The predicted octanol–water partition coefficient (Wildman–Crippen LogP) is 2.95. The Kier molecular flexibility index (Phi) is 8.53. The second-order valence-corrected chi connectivity index (χ2v) is 5.78. The van der Waals surface area contributed by atoms with Crippen LogP contribution in [0.25, 0.3) is 6.08 Å². The zero-order valence-corrected chi connectivity index (χ0v) is 15.5. The van der Waals surface area contributed by atoms with Crippen LogP contribution < -0.4 is 14.8 Å². The van der Waals surface area contributed by atoms with Crippen LogP contribution in [0.5, 0.6) is 11.5 Å². The largest absolute Gasteiger partial charge is 0.493 e. The Bertz CT molecular complexity index is 610. The molecule has 0 aliphatic carbocycles. The molecule has 1 aromatic carbocycles. The van der Waals surface area contributed by atoms with Crippen LogP contribution in [-0.2, 0) is 14.3 Å². The number of methoxy groups -OCH3 is 1. The standard InChI is InChI=1S/C19H27NO5/c1-6-11-20-19(22)14(4)25-18(21)10-8-15-7-9-16(24-13(2)3)17(12-15)23-5/h7-10,12-14H,6,11H2,1-5H3,(H,20,22)/b10-8+/t14-/m0/s1. The van der Waals surface area contributed by atoms with E-state index in [0.717, 1.165) is 12.0 Å². The van der Waals surface area contributed by atoms with Gasteiger partial charge in [-0.3, -0.25) is 4.79 Å². The van der Waals surface area contributed by atoms with E-state index in [2.05, 4.69) is 5.32 Å². The molecule has 0 saturated heterocycles. The Morgan fingerprint density at radius 1 is 1.20 bits per heavy atom. The van der Waals surface area contributed by atoms with Gasteiger partial charge in [-0.1, -0.05) is 13.0 Å². The first-order valence-electron chi connectivity index (χ1n) is 8.38. The molecule has 1 rings (SSSR count). The first-order chi connectivity index (χ1) is 11.9. The summed E-state index contributed by atoms with van der Waals surface area (Å²) in [7, 11) is 1.56. The second-order valence-electron chi connectivity index (χ2n) is 5.78. The summed E-state index contributed by atoms with van der Waals surface area (Å²) in [4.78, 5) is 23.5. The maximum atomic E-state index is 11.8. The molecule has 0 unspecified atom stereocenters. The lowest BCUT2D eigenvalue weighted by atomic mass is 10.2. The lowest BCUT2D eigenvalue weighted by molar-refractivity contribution is -0.150. The van der Waals surface area contributed by atoms with Crippen molar-refractivity contribution in [3.63, 3.8) is 0 Å². The lowest BCUT2D eigenvalue weighted by Gasteiger charge is -2.14. The van der Waals surface area contributed by atoms with E-state index < -0.39 is 12.1 Å². The van der Waals surface area contributed by atoms with Gasteiger partial charge in [-0.25, -0.2) is 4.79 Å². The van der Waals surface area contributed by atoms with E-state index in [1.165, 1.54) is 13.0 Å². The number of carbonyl (C=O) groups excluding carboxylic acids is 2. The molecule has 138 valence electrons. The van der Waals surface area contributed by atoms with Gasteiger partial charge >= 0.3 is 5.97 Å². The molecule has 1 N–H and O–H groups in total. The molecule has 0 aliphatic heterocycles. The monoisotopic (exact) mass is 349 g/mol. The Labute approximate surface area is 149 Å². The summed E-state index contributed by atoms with van der Waals surface area (Å²) in [5.74, 6) is 0.330. The van der Waals surface area contributed by atoms with Crippen molar-refractivity contribution in [3.05, 3.63) is 29.8 Å². The van der Waals surface area contributed by atoms with E-state index in [-0.39, 0.29) is 12.0 Å². The number of hydrogen-bond acceptors (Lipinski definition) is 5. The van der Waals surface area contributed by atoms with Crippen molar-refractivity contribution in [1.29, 1.82) is 0 Å². The lowest BCUT2D eigenvalue weighted by Crippen LogP contribution is -2.35. The first-order valence-corrected chi connectivity index (χ1v) is 8.38. The summed E-state index contributed by atoms with van der Waals surface area (Å²) < 4.78 is 16.0. The normalized spacial score (nSPS) is 12.1. The number of nitrogens with one attached hydrogen (secondary N) is 1. The third-order valence-electron chi connectivity index (χ3n) is 3.17. The molecular formula is C19H27NO5. The summed E-state index contributed by atoms with van der Waals surface area (Å²) in [6.45, 7) is 7.91. The van der Waals surface area contributed by atoms with Gasteiger partial charge in [0.25, 0.3) is 5.91 Å². The minimum atomic E-state index is -0.833. The van der Waals surface area contributed by atoms with Crippen molar-refractivity contribution in [2.45, 2.75) is 46.3 Å². The van der Waals surface area contributed by atoms with Gasteiger partial charge in [-0.05, 0) is 51.0 Å². The highest BCUT2D eigenvalue weighted by atomic mass is 16.5. The van der Waals surface area contributed by atoms with Crippen LogP contribution in [-0.4, -0.2) is 37.7 Å². The number of benzene rings is 1. The van der Waals surface area contributed by atoms with Crippen LogP contribution in [0.1, 0.15) is 39.7 Å². The zero-order chi connectivity index (χ0) is 18.8. The zero-order valence-electron chi connectivity index (χ0n) is 15.5. The molecule has 0 fully saturated rings. The van der Waals surface area contributed by atoms with Crippen molar-refractivity contribution < 1.29 is 23.8 Å². The van der Waals surface area contributed by atoms with E-state index in [4.69, 9.17) is 14.2 Å². The number of amides is 1. The number of esters is 1. The van der Waals surface area contributed by atoms with Crippen molar-refractivity contribution in [2.75, 3.05) is 13.7 Å². The average Bonchev–Trinajstić information content (AvgIpc) is 2.58. The highest BCUT2D eigenvalue weighted by Crippen LogP contribution is 2.29. The van der Waals surface area contributed by atoms with Gasteiger partial charge in [0.2, 0.25) is 0 Å². The number of rotatable bonds is 9. The quantitative estimate of drug-likeness (QED) is 0.548. The molecule has 0 radical (unpaired) electrons. The molecule has 0 spiro atoms. The predicted molar refractivity (Wildman–Crippen MR) is 96.6 cm³/mol. The van der Waals surface area contributed by atoms with Crippen molar-refractivity contribution in [1.82, 2.24) is 5.32 Å². The van der Waals surface area contributed by atoms with Crippen LogP contribution in [0.2, 0.25) is 0 Å². The maximum absolute atomic E-state index is 11.8. The summed E-state index contributed by atoms with van der Waals surface area (Å²) in [6.07, 6.45) is 2.90. The minimum Gasteiger partial charge on any atom is -0.493 e. The van der Waals surface area contributed by atoms with Crippen LogP contribution in [0.15, 0.2) is 24.3 Å². The highest BCUT2D eigenvalue weighted by Gasteiger charge is 2.15. The fourth-order valence-corrected chi connectivity index (χ4v) is 1.96. The van der Waals surface area contributed by atoms with Crippen LogP contribution in [0.4, 0.5) is 0 Å². The molecule has 1 atom stereocenters. The van der Waals surface area contributed by atoms with E-state index >= 15 is 0 Å². The molecule has 1 amide bonds. The number of ether oxygens (including phenoxy) is 3. The third kappa shape index (κ3) is 7.28. The van der Waals surface area contributed by atoms with Gasteiger partial charge in [0, 0.05) is 12.6 Å². The van der Waals surface area contributed by atoms with Gasteiger partial charge in [0.1, 0.15) is 0 Å². The first kappa shape index (κ1) is 20.5. The van der Waals surface area contributed by atoms with E-state index in [9.17, 15) is 9.59 Å². The summed E-state index contributed by atoms with van der Waals surface area (Å²) in [5, 5.41) is 2.68. The maximum Gasteiger partial charge on any atom is 0.331 e. The smallest absolute Gasteiger partial charge is 0.331 e. The van der Waals surface area contributed by atoms with Crippen LogP contribution >= 0.6 is 0 Å². The molecule has 0 bridgehead atoms. The molecule has 0 aromatic heterocycles. The summed E-state index contributed by atoms with van der Waals surface area (Å²) in [6, 6.07) is 5.35. The van der Waals surface area contributed by atoms with Gasteiger partial charge < -0.3 is 19.5 Å². The molecular weight excluding hydrogens is 322 g/mol. The Morgan fingerprint density at radius 3 is 2.52 bits per heavy atom. The minimum absolute atomic E-state index is 0.0330. The average molecular weight is 349 g/mol. The molecule has 6 nitrogen and oxygen atoms in total. The summed E-state index contributed by atoms with van der Waals surface area (Å²) >= 11 is 0. The molecule has 0 aliphatic rings. The van der Waals surface area contributed by atoms with Gasteiger partial charge in [-0.15, -0.1) is 0 Å². The molecule has 1 aromatic rings. The molecule has 6 heteroatoms. The fourth-order valence-electron chi connectivity index (χ4n) is 1.96. The topological polar surface area (TPSA) is 73.9 Å². The van der Waals surface area contributed by atoms with Crippen molar-refractivity contribution in [3.8, 4) is 11.5 Å². The number of hydrogen-bond donors (Lipinski definition) is 1. The van der Waals surface area contributed by atoms with Gasteiger partial charge in [0.15, 0.2) is 17.6 Å². The second kappa shape index (κ2) is 10.4. The molecule has 0 saturated carbocycles.